The normalized spacial score (nSPS) is 23.5. The summed E-state index contributed by atoms with van der Waals surface area (Å²) in [5.41, 5.74) is 1.91. The van der Waals surface area contributed by atoms with E-state index < -0.39 is 16.3 Å². The van der Waals surface area contributed by atoms with Crippen molar-refractivity contribution in [2.75, 3.05) is 0 Å². The Hall–Kier alpha value is -2.18. The van der Waals surface area contributed by atoms with E-state index in [1.165, 1.54) is 0 Å². The van der Waals surface area contributed by atoms with Gasteiger partial charge in [-0.1, -0.05) is 42.5 Å². The molecule has 0 saturated heterocycles. The minimum atomic E-state index is -3.65. The van der Waals surface area contributed by atoms with E-state index in [2.05, 4.69) is 9.44 Å². The number of hydrogen-bond acceptors (Lipinski definition) is 3. The van der Waals surface area contributed by atoms with E-state index in [1.807, 2.05) is 42.5 Å². The third-order valence-corrected chi connectivity index (χ3v) is 5.47. The van der Waals surface area contributed by atoms with E-state index in [4.69, 9.17) is 0 Å². The van der Waals surface area contributed by atoms with E-state index in [0.29, 0.717) is 30.5 Å². The molecule has 0 saturated carbocycles. The van der Waals surface area contributed by atoms with E-state index in [9.17, 15) is 13.2 Å². The van der Waals surface area contributed by atoms with Crippen LogP contribution in [0.4, 0.5) is 0 Å². The molecule has 4 rings (SSSR count). The summed E-state index contributed by atoms with van der Waals surface area (Å²) in [4.78, 5) is 12.4. The largest absolute Gasteiger partial charge is 0.299 e. The predicted octanol–water partition coefficient (Wildman–Crippen LogP) is 2.33. The van der Waals surface area contributed by atoms with Crippen LogP contribution in [0.2, 0.25) is 0 Å². The summed E-state index contributed by atoms with van der Waals surface area (Å²) in [5.74, 6) is 0.0130. The quantitative estimate of drug-likeness (QED) is 0.843. The first-order valence-corrected chi connectivity index (χ1v) is 9.07. The lowest BCUT2D eigenvalue weighted by Gasteiger charge is -2.33. The van der Waals surface area contributed by atoms with Crippen molar-refractivity contribution in [1.29, 1.82) is 0 Å². The van der Waals surface area contributed by atoms with Gasteiger partial charge in [-0.05, 0) is 29.2 Å². The van der Waals surface area contributed by atoms with E-state index >= 15 is 0 Å². The molecule has 1 aliphatic carbocycles. The minimum Gasteiger partial charge on any atom is -0.294 e. The van der Waals surface area contributed by atoms with Crippen LogP contribution in [0.1, 0.15) is 30.9 Å². The maximum atomic E-state index is 12.4. The third-order valence-electron chi connectivity index (χ3n) is 4.41. The average Bonchev–Trinajstić information content (AvgIpc) is 2.52. The monoisotopic (exact) mass is 328 g/mol. The topological polar surface area (TPSA) is 75.3 Å². The molecule has 0 bridgehead atoms. The molecule has 0 radical (unpaired) electrons. The second-order valence-electron chi connectivity index (χ2n) is 5.89. The van der Waals surface area contributed by atoms with Gasteiger partial charge in [-0.3, -0.25) is 9.52 Å². The van der Waals surface area contributed by atoms with Crippen molar-refractivity contribution in [2.24, 2.45) is 0 Å². The van der Waals surface area contributed by atoms with Crippen LogP contribution in [-0.2, 0) is 15.0 Å². The zero-order valence-electron chi connectivity index (χ0n) is 12.4. The molecule has 5 nitrogen and oxygen atoms in total. The van der Waals surface area contributed by atoms with Crippen molar-refractivity contribution in [3.05, 3.63) is 59.3 Å². The number of fused-ring (bicyclic) bond motifs is 1. The van der Waals surface area contributed by atoms with Gasteiger partial charge in [-0.15, -0.1) is 0 Å². The first-order valence-electron chi connectivity index (χ1n) is 7.59. The molecule has 2 aliphatic rings. The van der Waals surface area contributed by atoms with Crippen LogP contribution in [0.5, 0.6) is 0 Å². The molecular formula is C17H16N2O3S. The van der Waals surface area contributed by atoms with E-state index in [0.717, 1.165) is 16.3 Å². The summed E-state index contributed by atoms with van der Waals surface area (Å²) >= 11 is 0. The zero-order chi connectivity index (χ0) is 16.0. The van der Waals surface area contributed by atoms with E-state index in [-0.39, 0.29) is 5.78 Å². The van der Waals surface area contributed by atoms with Crippen LogP contribution in [0.15, 0.2) is 53.7 Å². The summed E-state index contributed by atoms with van der Waals surface area (Å²) in [7, 11) is -3.65. The van der Waals surface area contributed by atoms with Crippen molar-refractivity contribution in [3.63, 3.8) is 0 Å². The molecular weight excluding hydrogens is 312 g/mol. The SMILES string of the molecule is O=C1CCCC2=C1C(c1cccc3ccccc13)NS(=O)(=O)N2. The highest BCUT2D eigenvalue weighted by molar-refractivity contribution is 7.87. The molecule has 0 fully saturated rings. The van der Waals surface area contributed by atoms with Gasteiger partial charge in [0.25, 0.3) is 10.2 Å². The molecule has 0 aromatic heterocycles. The molecule has 2 N–H and O–H groups in total. The number of carbonyl (C=O) groups excluding carboxylic acids is 1. The summed E-state index contributed by atoms with van der Waals surface area (Å²) in [6.45, 7) is 0. The Balaban J connectivity index is 1.96. The van der Waals surface area contributed by atoms with Gasteiger partial charge >= 0.3 is 0 Å². The van der Waals surface area contributed by atoms with Crippen molar-refractivity contribution in [3.8, 4) is 0 Å². The van der Waals surface area contributed by atoms with Gasteiger partial charge in [-0.25, -0.2) is 0 Å². The van der Waals surface area contributed by atoms with Gasteiger partial charge in [-0.2, -0.15) is 13.1 Å². The van der Waals surface area contributed by atoms with Crippen LogP contribution >= 0.6 is 0 Å². The molecule has 118 valence electrons. The van der Waals surface area contributed by atoms with Crippen molar-refractivity contribution < 1.29 is 13.2 Å². The third kappa shape index (κ3) is 2.44. The fourth-order valence-corrected chi connectivity index (χ4v) is 4.58. The van der Waals surface area contributed by atoms with Crippen molar-refractivity contribution in [1.82, 2.24) is 9.44 Å². The molecule has 1 unspecified atom stereocenters. The Kier molecular flexibility index (Phi) is 3.25. The Morgan fingerprint density at radius 2 is 1.78 bits per heavy atom. The maximum Gasteiger partial charge on any atom is 0.299 e. The number of allylic oxidation sites excluding steroid dienone is 1. The van der Waals surface area contributed by atoms with Crippen molar-refractivity contribution in [2.45, 2.75) is 25.3 Å². The fraction of sp³-hybridized carbons (Fsp3) is 0.235. The predicted molar refractivity (Wildman–Crippen MR) is 87.8 cm³/mol. The van der Waals surface area contributed by atoms with Crippen LogP contribution in [0.3, 0.4) is 0 Å². The average molecular weight is 328 g/mol. The number of Topliss-reactive ketones (excluding diaryl/α,β-unsaturated/α-hetero) is 1. The second kappa shape index (κ2) is 5.18. The molecule has 1 atom stereocenters. The Labute approximate surface area is 134 Å². The van der Waals surface area contributed by atoms with E-state index in [1.54, 1.807) is 0 Å². The first-order chi connectivity index (χ1) is 11.1. The Morgan fingerprint density at radius 3 is 2.65 bits per heavy atom. The molecule has 0 amide bonds. The molecule has 1 heterocycles. The molecule has 0 spiro atoms. The van der Waals surface area contributed by atoms with Crippen molar-refractivity contribution >= 4 is 26.8 Å². The highest BCUT2D eigenvalue weighted by Gasteiger charge is 2.37. The van der Waals surface area contributed by atoms with Gasteiger partial charge in [0.15, 0.2) is 5.78 Å². The van der Waals surface area contributed by atoms with Gasteiger partial charge in [0.05, 0.1) is 6.04 Å². The standard InChI is InChI=1S/C17H16N2O3S/c20-15-10-4-9-14-16(15)17(19-23(21,22)18-14)13-8-3-6-11-5-1-2-7-12(11)13/h1-3,5-8,17-19H,4,9-10H2. The molecule has 2 aromatic rings. The highest BCUT2D eigenvalue weighted by Crippen LogP contribution is 2.37. The highest BCUT2D eigenvalue weighted by atomic mass is 32.2. The van der Waals surface area contributed by atoms with Gasteiger partial charge < -0.3 is 0 Å². The lowest BCUT2D eigenvalue weighted by atomic mass is 9.85. The summed E-state index contributed by atoms with van der Waals surface area (Å²) in [5, 5.41) is 1.97. The van der Waals surface area contributed by atoms with Crippen LogP contribution in [-0.4, -0.2) is 14.2 Å². The summed E-state index contributed by atoms with van der Waals surface area (Å²) in [6, 6.07) is 12.9. The number of hydrogen-bond donors (Lipinski definition) is 2. The number of nitrogens with one attached hydrogen (secondary N) is 2. The smallest absolute Gasteiger partial charge is 0.294 e. The van der Waals surface area contributed by atoms with Crippen LogP contribution < -0.4 is 9.44 Å². The van der Waals surface area contributed by atoms with Gasteiger partial charge in [0.1, 0.15) is 0 Å². The number of benzene rings is 2. The zero-order valence-corrected chi connectivity index (χ0v) is 13.2. The lowest BCUT2D eigenvalue weighted by molar-refractivity contribution is -0.116. The van der Waals surface area contributed by atoms with Gasteiger partial charge in [0.2, 0.25) is 0 Å². The Morgan fingerprint density at radius 1 is 1.00 bits per heavy atom. The minimum absolute atomic E-state index is 0.0130. The van der Waals surface area contributed by atoms with Gasteiger partial charge in [0, 0.05) is 17.7 Å². The number of carbonyl (C=O) groups is 1. The fourth-order valence-electron chi connectivity index (χ4n) is 3.43. The number of ketones is 1. The molecule has 1 aliphatic heterocycles. The Bertz CT molecular complexity index is 942. The first kappa shape index (κ1) is 14.4. The molecule has 6 heteroatoms. The van der Waals surface area contributed by atoms with Crippen LogP contribution in [0.25, 0.3) is 10.8 Å². The molecule has 2 aromatic carbocycles. The second-order valence-corrected chi connectivity index (χ2v) is 7.34. The van der Waals surface area contributed by atoms with Crippen LogP contribution in [0, 0.1) is 0 Å². The molecule has 23 heavy (non-hydrogen) atoms. The number of rotatable bonds is 1. The summed E-state index contributed by atoms with van der Waals surface area (Å²) < 4.78 is 29.4. The summed E-state index contributed by atoms with van der Waals surface area (Å²) in [6.07, 6.45) is 1.73. The maximum absolute atomic E-state index is 12.4. The lowest BCUT2D eigenvalue weighted by Crippen LogP contribution is -2.47.